The average molecular weight is 284 g/mol. The fourth-order valence-corrected chi connectivity index (χ4v) is 2.04. The number of nitrogens with two attached hydrogens (primary N) is 1. The van der Waals surface area contributed by atoms with Crippen molar-refractivity contribution in [3.63, 3.8) is 0 Å². The van der Waals surface area contributed by atoms with Gasteiger partial charge in [-0.1, -0.05) is 24.3 Å². The van der Waals surface area contributed by atoms with Gasteiger partial charge < -0.3 is 15.8 Å². The van der Waals surface area contributed by atoms with Gasteiger partial charge in [-0.3, -0.25) is 4.79 Å². The first-order valence-electron chi connectivity index (χ1n) is 6.91. The van der Waals surface area contributed by atoms with E-state index < -0.39 is 5.91 Å². The molecule has 0 saturated carbocycles. The zero-order valence-corrected chi connectivity index (χ0v) is 12.1. The lowest BCUT2D eigenvalue weighted by Gasteiger charge is -2.06. The van der Waals surface area contributed by atoms with Crippen molar-refractivity contribution in [3.8, 4) is 5.75 Å². The molecule has 2 rings (SSSR count). The Balaban J connectivity index is 1.74. The van der Waals surface area contributed by atoms with Crippen molar-refractivity contribution < 1.29 is 9.53 Å². The van der Waals surface area contributed by atoms with Crippen molar-refractivity contribution >= 4 is 5.91 Å². The summed E-state index contributed by atoms with van der Waals surface area (Å²) in [4.78, 5) is 11.0. The number of hydrogen-bond acceptors (Lipinski definition) is 3. The van der Waals surface area contributed by atoms with Gasteiger partial charge in [0.05, 0.1) is 7.11 Å². The number of benzene rings is 2. The first-order chi connectivity index (χ1) is 10.2. The van der Waals surface area contributed by atoms with Crippen molar-refractivity contribution in [2.75, 3.05) is 13.7 Å². The van der Waals surface area contributed by atoms with Gasteiger partial charge in [0.15, 0.2) is 0 Å². The minimum absolute atomic E-state index is 0.394. The molecule has 0 aromatic heterocycles. The molecule has 21 heavy (non-hydrogen) atoms. The Bertz CT molecular complexity index is 577. The van der Waals surface area contributed by atoms with E-state index in [1.165, 1.54) is 5.56 Å². The summed E-state index contributed by atoms with van der Waals surface area (Å²) < 4.78 is 5.13. The molecular formula is C17H20N2O2. The Labute approximate surface area is 124 Å². The monoisotopic (exact) mass is 284 g/mol. The first-order valence-corrected chi connectivity index (χ1v) is 6.91. The predicted molar refractivity (Wildman–Crippen MR) is 83.4 cm³/mol. The van der Waals surface area contributed by atoms with Gasteiger partial charge in [-0.2, -0.15) is 0 Å². The molecular weight excluding hydrogens is 264 g/mol. The van der Waals surface area contributed by atoms with Crippen molar-refractivity contribution in [2.24, 2.45) is 5.73 Å². The van der Waals surface area contributed by atoms with E-state index in [0.29, 0.717) is 5.56 Å². The third-order valence-corrected chi connectivity index (χ3v) is 3.32. The van der Waals surface area contributed by atoms with Gasteiger partial charge in [-0.15, -0.1) is 0 Å². The number of carbonyl (C=O) groups is 1. The summed E-state index contributed by atoms with van der Waals surface area (Å²) in [6.45, 7) is 1.67. The molecule has 1 amide bonds. The van der Waals surface area contributed by atoms with Gasteiger partial charge in [-0.25, -0.2) is 0 Å². The van der Waals surface area contributed by atoms with E-state index >= 15 is 0 Å². The van der Waals surface area contributed by atoms with Crippen LogP contribution >= 0.6 is 0 Å². The maximum Gasteiger partial charge on any atom is 0.248 e. The van der Waals surface area contributed by atoms with Gasteiger partial charge in [-0.05, 0) is 48.4 Å². The Morgan fingerprint density at radius 2 is 1.67 bits per heavy atom. The largest absolute Gasteiger partial charge is 0.497 e. The molecule has 0 bridgehead atoms. The molecule has 0 heterocycles. The van der Waals surface area contributed by atoms with Crippen molar-refractivity contribution in [1.29, 1.82) is 0 Å². The molecule has 0 fully saturated rings. The SMILES string of the molecule is COc1ccc(CCNCc2ccc(C(N)=O)cc2)cc1. The summed E-state index contributed by atoms with van der Waals surface area (Å²) >= 11 is 0. The van der Waals surface area contributed by atoms with E-state index in [2.05, 4.69) is 17.4 Å². The minimum atomic E-state index is -0.394. The second-order valence-corrected chi connectivity index (χ2v) is 4.84. The minimum Gasteiger partial charge on any atom is -0.497 e. The fraction of sp³-hybridized carbons (Fsp3) is 0.235. The normalized spacial score (nSPS) is 10.3. The predicted octanol–water partition coefficient (Wildman–Crippen LogP) is 2.13. The van der Waals surface area contributed by atoms with Crippen LogP contribution < -0.4 is 15.8 Å². The summed E-state index contributed by atoms with van der Waals surface area (Å²) in [5.74, 6) is 0.482. The number of hydrogen-bond donors (Lipinski definition) is 2. The molecule has 4 nitrogen and oxygen atoms in total. The summed E-state index contributed by atoms with van der Waals surface area (Å²) in [5, 5.41) is 3.38. The van der Waals surface area contributed by atoms with Gasteiger partial charge in [0.25, 0.3) is 0 Å². The topological polar surface area (TPSA) is 64.3 Å². The standard InChI is InChI=1S/C17H20N2O2/c1-21-16-8-4-13(5-9-16)10-11-19-12-14-2-6-15(7-3-14)17(18)20/h2-9,19H,10-12H2,1H3,(H2,18,20). The molecule has 0 aliphatic carbocycles. The number of nitrogens with one attached hydrogen (secondary N) is 1. The van der Waals surface area contributed by atoms with Crippen LogP contribution in [-0.2, 0) is 13.0 Å². The molecule has 0 spiro atoms. The summed E-state index contributed by atoms with van der Waals surface area (Å²) in [5.41, 5.74) is 8.15. The third kappa shape index (κ3) is 4.61. The van der Waals surface area contributed by atoms with Crippen LogP contribution in [0, 0.1) is 0 Å². The van der Waals surface area contributed by atoms with E-state index in [4.69, 9.17) is 10.5 Å². The van der Waals surface area contributed by atoms with Gasteiger partial charge in [0, 0.05) is 12.1 Å². The third-order valence-electron chi connectivity index (χ3n) is 3.32. The molecule has 3 N–H and O–H groups in total. The van der Waals surface area contributed by atoms with Crippen LogP contribution in [-0.4, -0.2) is 19.6 Å². The summed E-state index contributed by atoms with van der Waals surface area (Å²) in [6.07, 6.45) is 0.962. The molecule has 0 unspecified atom stereocenters. The highest BCUT2D eigenvalue weighted by Crippen LogP contribution is 2.11. The molecule has 0 atom stereocenters. The van der Waals surface area contributed by atoms with Crippen LogP contribution in [0.3, 0.4) is 0 Å². The van der Waals surface area contributed by atoms with Crippen LogP contribution in [0.2, 0.25) is 0 Å². The number of ether oxygens (including phenoxy) is 1. The maximum absolute atomic E-state index is 11.0. The molecule has 4 heteroatoms. The number of primary amides is 1. The molecule has 2 aromatic carbocycles. The van der Waals surface area contributed by atoms with E-state index in [1.54, 1.807) is 19.2 Å². The first kappa shape index (κ1) is 15.1. The van der Waals surface area contributed by atoms with Crippen molar-refractivity contribution in [1.82, 2.24) is 5.32 Å². The van der Waals surface area contributed by atoms with Gasteiger partial charge >= 0.3 is 0 Å². The highest BCUT2D eigenvalue weighted by molar-refractivity contribution is 5.92. The van der Waals surface area contributed by atoms with E-state index in [0.717, 1.165) is 30.8 Å². The molecule has 2 aromatic rings. The van der Waals surface area contributed by atoms with Gasteiger partial charge in [0.1, 0.15) is 5.75 Å². The summed E-state index contributed by atoms with van der Waals surface area (Å²) in [7, 11) is 1.67. The lowest BCUT2D eigenvalue weighted by molar-refractivity contribution is 0.100. The molecule has 0 aliphatic rings. The molecule has 0 aliphatic heterocycles. The quantitative estimate of drug-likeness (QED) is 0.766. The second kappa shape index (κ2) is 7.45. The number of carbonyl (C=O) groups excluding carboxylic acids is 1. The number of methoxy groups -OCH3 is 1. The van der Waals surface area contributed by atoms with Crippen LogP contribution in [0.4, 0.5) is 0 Å². The highest BCUT2D eigenvalue weighted by atomic mass is 16.5. The lowest BCUT2D eigenvalue weighted by Crippen LogP contribution is -2.17. The Kier molecular flexibility index (Phi) is 5.35. The molecule has 0 radical (unpaired) electrons. The van der Waals surface area contributed by atoms with Gasteiger partial charge in [0.2, 0.25) is 5.91 Å². The smallest absolute Gasteiger partial charge is 0.248 e. The zero-order valence-electron chi connectivity index (χ0n) is 12.1. The lowest BCUT2D eigenvalue weighted by atomic mass is 10.1. The van der Waals surface area contributed by atoms with Crippen LogP contribution in [0.15, 0.2) is 48.5 Å². The Morgan fingerprint density at radius 1 is 1.05 bits per heavy atom. The average Bonchev–Trinajstić information content (AvgIpc) is 2.52. The number of rotatable bonds is 7. The molecule has 110 valence electrons. The summed E-state index contributed by atoms with van der Waals surface area (Å²) in [6, 6.07) is 15.4. The van der Waals surface area contributed by atoms with Crippen molar-refractivity contribution in [2.45, 2.75) is 13.0 Å². The zero-order chi connectivity index (χ0) is 15.1. The Morgan fingerprint density at radius 3 is 2.24 bits per heavy atom. The number of amides is 1. The van der Waals surface area contributed by atoms with Crippen LogP contribution in [0.25, 0.3) is 0 Å². The van der Waals surface area contributed by atoms with E-state index in [1.807, 2.05) is 24.3 Å². The molecule has 0 saturated heterocycles. The maximum atomic E-state index is 11.0. The van der Waals surface area contributed by atoms with Crippen LogP contribution in [0.1, 0.15) is 21.5 Å². The second-order valence-electron chi connectivity index (χ2n) is 4.84. The van der Waals surface area contributed by atoms with Crippen molar-refractivity contribution in [3.05, 3.63) is 65.2 Å². The fourth-order valence-electron chi connectivity index (χ4n) is 2.04. The van der Waals surface area contributed by atoms with E-state index in [9.17, 15) is 4.79 Å². The Hall–Kier alpha value is -2.33. The van der Waals surface area contributed by atoms with Crippen LogP contribution in [0.5, 0.6) is 5.75 Å². The highest BCUT2D eigenvalue weighted by Gasteiger charge is 2.00. The van der Waals surface area contributed by atoms with E-state index in [-0.39, 0.29) is 0 Å².